The lowest BCUT2D eigenvalue weighted by Crippen LogP contribution is -2.50. The van der Waals surface area contributed by atoms with Crippen LogP contribution in [0.4, 0.5) is 0 Å². The molecule has 0 bridgehead atoms. The van der Waals surface area contributed by atoms with Gasteiger partial charge in [0.05, 0.1) is 0 Å². The Bertz CT molecular complexity index is 938. The second kappa shape index (κ2) is 13.6. The van der Waals surface area contributed by atoms with Gasteiger partial charge in [0.15, 0.2) is 0 Å². The largest absolute Gasteiger partial charge is 0.500 e. The molecule has 3 rings (SSSR count). The third-order valence-corrected chi connectivity index (χ3v) is 13.0. The molecule has 0 aliphatic heterocycles. The summed E-state index contributed by atoms with van der Waals surface area (Å²) in [5.74, 6) is 0. The van der Waals surface area contributed by atoms with Gasteiger partial charge in [-0.2, -0.15) is 0 Å². The first-order valence-electron chi connectivity index (χ1n) is 12.4. The highest BCUT2D eigenvalue weighted by Crippen LogP contribution is 2.30. The summed E-state index contributed by atoms with van der Waals surface area (Å²) in [6, 6.07) is 31.7. The minimum Gasteiger partial charge on any atom is -0.374 e. The molecule has 34 heavy (non-hydrogen) atoms. The van der Waals surface area contributed by atoms with Gasteiger partial charge in [0, 0.05) is 25.9 Å². The van der Waals surface area contributed by atoms with Crippen LogP contribution in [0.15, 0.2) is 91.5 Å². The summed E-state index contributed by atoms with van der Waals surface area (Å²) in [5, 5.41) is 2.89. The van der Waals surface area contributed by atoms with E-state index in [-0.39, 0.29) is 0 Å². The van der Waals surface area contributed by atoms with Gasteiger partial charge in [0.25, 0.3) is 0 Å². The summed E-state index contributed by atoms with van der Waals surface area (Å²) in [4.78, 5) is 0. The quantitative estimate of drug-likeness (QED) is 0.282. The Morgan fingerprint density at radius 3 is 1.76 bits per heavy atom. The average Bonchev–Trinajstić information content (AvgIpc) is 2.88. The second-order valence-electron chi connectivity index (χ2n) is 8.30. The van der Waals surface area contributed by atoms with Gasteiger partial charge >= 0.3 is 8.80 Å². The first-order valence-corrected chi connectivity index (χ1v) is 16.2. The summed E-state index contributed by atoms with van der Waals surface area (Å²) in [6.45, 7) is 11.9. The first kappa shape index (κ1) is 26.3. The molecule has 3 nitrogen and oxygen atoms in total. The van der Waals surface area contributed by atoms with Crippen LogP contribution >= 0.6 is 0 Å². The maximum Gasteiger partial charge on any atom is 0.500 e. The molecule has 0 N–H and O–H groups in total. The Morgan fingerprint density at radius 2 is 1.29 bits per heavy atom. The van der Waals surface area contributed by atoms with Crippen LogP contribution in [-0.2, 0) is 13.3 Å². The lowest BCUT2D eigenvalue weighted by Gasteiger charge is -2.32. The predicted molar refractivity (Wildman–Crippen MR) is 149 cm³/mol. The smallest absolute Gasteiger partial charge is 0.374 e. The van der Waals surface area contributed by atoms with Crippen LogP contribution in [0.5, 0.6) is 0 Å². The van der Waals surface area contributed by atoms with E-state index in [0.29, 0.717) is 25.4 Å². The lowest BCUT2D eigenvalue weighted by atomic mass is 10.1. The Hall–Kier alpha value is -2.29. The molecule has 3 aromatic carbocycles. The molecule has 1 atom stereocenters. The SMILES string of the molecule is C=Cc1cccc(C(CC[Si](OCC)(OCC)OCC)[SiH](c2ccccc2)c2ccccc2)c1. The van der Waals surface area contributed by atoms with Crippen LogP contribution < -0.4 is 10.4 Å². The van der Waals surface area contributed by atoms with Crippen molar-refractivity contribution in [2.75, 3.05) is 19.8 Å². The molecule has 1 unspecified atom stereocenters. The van der Waals surface area contributed by atoms with Crippen molar-refractivity contribution in [2.45, 2.75) is 38.8 Å². The first-order chi connectivity index (χ1) is 16.7. The van der Waals surface area contributed by atoms with Crippen molar-refractivity contribution < 1.29 is 13.3 Å². The van der Waals surface area contributed by atoms with E-state index in [0.717, 1.165) is 18.0 Å². The van der Waals surface area contributed by atoms with Crippen LogP contribution in [0.3, 0.4) is 0 Å². The summed E-state index contributed by atoms with van der Waals surface area (Å²) < 4.78 is 18.7. The maximum atomic E-state index is 6.23. The molecule has 180 valence electrons. The minimum atomic E-state index is -2.76. The van der Waals surface area contributed by atoms with Gasteiger partial charge < -0.3 is 13.3 Å². The van der Waals surface area contributed by atoms with Crippen molar-refractivity contribution in [3.05, 3.63) is 103 Å². The number of rotatable bonds is 14. The zero-order valence-corrected chi connectivity index (χ0v) is 22.9. The van der Waals surface area contributed by atoms with Crippen LogP contribution in [-0.4, -0.2) is 37.4 Å². The van der Waals surface area contributed by atoms with Crippen LogP contribution in [0.25, 0.3) is 6.08 Å². The van der Waals surface area contributed by atoms with Crippen molar-refractivity contribution in [2.24, 2.45) is 0 Å². The Kier molecular flexibility index (Phi) is 10.5. The van der Waals surface area contributed by atoms with E-state index >= 15 is 0 Å². The fraction of sp³-hybridized carbons (Fsp3) is 0.310. The highest BCUT2D eigenvalue weighted by molar-refractivity contribution is 6.86. The minimum absolute atomic E-state index is 0.359. The van der Waals surface area contributed by atoms with Gasteiger partial charge in [-0.15, -0.1) is 0 Å². The molecule has 0 radical (unpaired) electrons. The van der Waals surface area contributed by atoms with E-state index in [2.05, 4.69) is 91.5 Å². The zero-order chi connectivity index (χ0) is 24.2. The fourth-order valence-corrected chi connectivity index (χ4v) is 11.4. The summed E-state index contributed by atoms with van der Waals surface area (Å²) in [6.07, 6.45) is 2.88. The number of hydrogen-bond donors (Lipinski definition) is 0. The zero-order valence-electron chi connectivity index (χ0n) is 20.8. The third-order valence-electron chi connectivity index (χ3n) is 6.15. The molecule has 0 spiro atoms. The highest BCUT2D eigenvalue weighted by atomic mass is 28.4. The standard InChI is InChI=1S/C29H38O3Si2/c1-5-25-16-15-17-26(24-25)29(22-23-34(30-6-2,31-7-3)32-8-4)33(27-18-11-9-12-19-27)28-20-13-10-14-21-28/h5,9-21,24,29,33H,1,6-8,22-23H2,2-4H3. The van der Waals surface area contributed by atoms with Crippen LogP contribution in [0.2, 0.25) is 6.04 Å². The van der Waals surface area contributed by atoms with E-state index in [1.807, 2.05) is 26.8 Å². The molecule has 0 aliphatic carbocycles. The molecule has 5 heteroatoms. The second-order valence-corrected chi connectivity index (χ2v) is 14.1. The number of hydrogen-bond acceptors (Lipinski definition) is 3. The van der Waals surface area contributed by atoms with Gasteiger partial charge in [-0.3, -0.25) is 0 Å². The molecule has 0 aromatic heterocycles. The fourth-order valence-electron chi connectivity index (χ4n) is 4.75. The summed E-state index contributed by atoms with van der Waals surface area (Å²) in [7, 11) is -4.41. The van der Waals surface area contributed by atoms with Crippen molar-refractivity contribution in [1.29, 1.82) is 0 Å². The van der Waals surface area contributed by atoms with Gasteiger partial charge in [0.2, 0.25) is 0 Å². The van der Waals surface area contributed by atoms with E-state index in [4.69, 9.17) is 13.3 Å². The van der Waals surface area contributed by atoms with E-state index < -0.39 is 17.6 Å². The van der Waals surface area contributed by atoms with Crippen molar-refractivity contribution in [3.8, 4) is 0 Å². The van der Waals surface area contributed by atoms with Crippen molar-refractivity contribution in [1.82, 2.24) is 0 Å². The van der Waals surface area contributed by atoms with Gasteiger partial charge in [-0.25, -0.2) is 0 Å². The Labute approximate surface area is 208 Å². The summed E-state index contributed by atoms with van der Waals surface area (Å²) >= 11 is 0. The molecule has 0 aliphatic rings. The average molecular weight is 491 g/mol. The Balaban J connectivity index is 2.09. The molecule has 0 heterocycles. The maximum absolute atomic E-state index is 6.23. The predicted octanol–water partition coefficient (Wildman–Crippen LogP) is 5.43. The van der Waals surface area contributed by atoms with Gasteiger partial charge in [-0.05, 0) is 43.9 Å². The normalized spacial score (nSPS) is 12.6. The Morgan fingerprint density at radius 1 is 0.765 bits per heavy atom. The van der Waals surface area contributed by atoms with Gasteiger partial charge in [0.1, 0.15) is 8.80 Å². The molecule has 0 amide bonds. The molecular formula is C29H38O3Si2. The molecular weight excluding hydrogens is 452 g/mol. The molecule has 0 fully saturated rings. The molecule has 3 aromatic rings. The third kappa shape index (κ3) is 6.87. The topological polar surface area (TPSA) is 27.7 Å². The van der Waals surface area contributed by atoms with Crippen LogP contribution in [0.1, 0.15) is 43.9 Å². The van der Waals surface area contributed by atoms with Crippen molar-refractivity contribution >= 4 is 34.1 Å². The molecule has 0 saturated heterocycles. The summed E-state index contributed by atoms with van der Waals surface area (Å²) in [5.41, 5.74) is 2.87. The highest BCUT2D eigenvalue weighted by Gasteiger charge is 2.42. The lowest BCUT2D eigenvalue weighted by molar-refractivity contribution is 0.0707. The number of benzene rings is 3. The van der Waals surface area contributed by atoms with E-state index in [1.165, 1.54) is 15.9 Å². The molecule has 0 saturated carbocycles. The van der Waals surface area contributed by atoms with E-state index in [9.17, 15) is 0 Å². The van der Waals surface area contributed by atoms with Gasteiger partial charge in [-0.1, -0.05) is 108 Å². The van der Waals surface area contributed by atoms with Crippen LogP contribution in [0, 0.1) is 0 Å². The van der Waals surface area contributed by atoms with E-state index in [1.54, 1.807) is 0 Å². The van der Waals surface area contributed by atoms with Crippen molar-refractivity contribution in [3.63, 3.8) is 0 Å². The monoisotopic (exact) mass is 490 g/mol.